The molecule has 3 heterocycles. The Morgan fingerprint density at radius 1 is 1.15 bits per heavy atom. The highest BCUT2D eigenvalue weighted by Crippen LogP contribution is 2.38. The number of primary amides is 1. The van der Waals surface area contributed by atoms with E-state index in [0.29, 0.717) is 22.4 Å². The topological polar surface area (TPSA) is 75.4 Å². The van der Waals surface area contributed by atoms with Crippen molar-refractivity contribution in [2.45, 2.75) is 47.0 Å². The van der Waals surface area contributed by atoms with Crippen LogP contribution < -0.4 is 11.1 Å². The van der Waals surface area contributed by atoms with E-state index in [2.05, 4.69) is 17.3 Å². The van der Waals surface area contributed by atoms with Gasteiger partial charge in [-0.1, -0.05) is 23.9 Å². The number of thiophene rings is 1. The summed E-state index contributed by atoms with van der Waals surface area (Å²) in [5, 5.41) is 3.24. The van der Waals surface area contributed by atoms with Crippen LogP contribution in [0.4, 0.5) is 0 Å². The molecule has 1 atom stereocenters. The van der Waals surface area contributed by atoms with Crippen molar-refractivity contribution in [3.63, 3.8) is 0 Å². The quantitative estimate of drug-likeness (QED) is 0.803. The van der Waals surface area contributed by atoms with Gasteiger partial charge in [0.15, 0.2) is 0 Å². The standard InChI is InChI=1S/C20H23N3O2S2/c1-23-13-8-6-12(7-9-13)19(23)22-20(25)16-10-11-17(27-16)26-15-5-3-2-4-14(15)18(21)24/h2-5,10-13,19H,6-9H2,1H3,(H2,21,24)(H,22,25)/t12?,13?,19-/m1/s1. The van der Waals surface area contributed by atoms with Crippen LogP contribution in [0.2, 0.25) is 0 Å². The first-order valence-electron chi connectivity index (χ1n) is 9.22. The number of piperidine rings is 2. The molecule has 5 nitrogen and oxygen atoms in total. The predicted octanol–water partition coefficient (Wildman–Crippen LogP) is 3.56. The molecule has 3 N–H and O–H groups in total. The van der Waals surface area contributed by atoms with Crippen molar-refractivity contribution in [2.75, 3.05) is 7.05 Å². The zero-order valence-electron chi connectivity index (χ0n) is 15.2. The van der Waals surface area contributed by atoms with Gasteiger partial charge in [0.2, 0.25) is 5.91 Å². The average molecular weight is 402 g/mol. The maximum atomic E-state index is 12.8. The minimum absolute atomic E-state index is 0.0144. The van der Waals surface area contributed by atoms with Crippen molar-refractivity contribution in [3.8, 4) is 0 Å². The van der Waals surface area contributed by atoms with Crippen molar-refractivity contribution < 1.29 is 9.59 Å². The maximum Gasteiger partial charge on any atom is 0.262 e. The molecule has 2 aliphatic heterocycles. The van der Waals surface area contributed by atoms with Crippen LogP contribution in [0.1, 0.15) is 45.7 Å². The van der Waals surface area contributed by atoms with Gasteiger partial charge in [-0.05, 0) is 62.9 Å². The van der Waals surface area contributed by atoms with Crippen LogP contribution in [0.3, 0.4) is 0 Å². The van der Waals surface area contributed by atoms with Crippen LogP contribution >= 0.6 is 23.1 Å². The van der Waals surface area contributed by atoms with Gasteiger partial charge in [0, 0.05) is 10.9 Å². The van der Waals surface area contributed by atoms with Crippen LogP contribution in [0.5, 0.6) is 0 Å². The molecule has 2 bridgehead atoms. The third-order valence-electron chi connectivity index (χ3n) is 5.65. The van der Waals surface area contributed by atoms with E-state index in [9.17, 15) is 9.59 Å². The summed E-state index contributed by atoms with van der Waals surface area (Å²) in [7, 11) is 2.12. The monoisotopic (exact) mass is 401 g/mol. The van der Waals surface area contributed by atoms with Gasteiger partial charge in [0.1, 0.15) is 0 Å². The highest BCUT2D eigenvalue weighted by molar-refractivity contribution is 8.01. The first kappa shape index (κ1) is 18.5. The molecule has 0 unspecified atom stereocenters. The summed E-state index contributed by atoms with van der Waals surface area (Å²) in [4.78, 5) is 28.2. The van der Waals surface area contributed by atoms with Crippen molar-refractivity contribution in [2.24, 2.45) is 11.7 Å². The summed E-state index contributed by atoms with van der Waals surface area (Å²) in [6.45, 7) is 0. The SMILES string of the molecule is CN1C2CCC(CC2)[C@@H]1NC(=O)c1ccc(Sc2ccccc2C(N)=O)s1. The van der Waals surface area contributed by atoms with Crippen LogP contribution in [-0.2, 0) is 0 Å². The minimum Gasteiger partial charge on any atom is -0.366 e. The minimum atomic E-state index is -0.442. The van der Waals surface area contributed by atoms with Gasteiger partial charge in [-0.2, -0.15) is 0 Å². The Balaban J connectivity index is 1.45. The molecule has 2 amide bonds. The molecule has 5 rings (SSSR count). The molecular formula is C20H23N3O2S2. The van der Waals surface area contributed by atoms with Crippen LogP contribution in [0.15, 0.2) is 45.5 Å². The van der Waals surface area contributed by atoms with Crippen molar-refractivity contribution in [1.82, 2.24) is 10.2 Å². The lowest BCUT2D eigenvalue weighted by molar-refractivity contribution is -0.00677. The number of nitrogens with zero attached hydrogens (tertiary/aromatic N) is 1. The Kier molecular flexibility index (Phi) is 5.25. The van der Waals surface area contributed by atoms with Gasteiger partial charge in [-0.25, -0.2) is 0 Å². The summed E-state index contributed by atoms with van der Waals surface area (Å²) >= 11 is 2.91. The fourth-order valence-corrected chi connectivity index (χ4v) is 6.30. The Hall–Kier alpha value is -1.83. The van der Waals surface area contributed by atoms with E-state index in [1.807, 2.05) is 24.3 Å². The molecule has 7 heteroatoms. The third-order valence-corrected chi connectivity index (χ3v) is 7.94. The number of hydrogen-bond donors (Lipinski definition) is 2. The molecule has 27 heavy (non-hydrogen) atoms. The maximum absolute atomic E-state index is 12.8. The van der Waals surface area contributed by atoms with Crippen LogP contribution in [-0.4, -0.2) is 36.0 Å². The van der Waals surface area contributed by atoms with E-state index in [1.165, 1.54) is 48.8 Å². The number of benzene rings is 1. The molecule has 2 saturated heterocycles. The van der Waals surface area contributed by atoms with E-state index in [0.717, 1.165) is 9.10 Å². The fraction of sp³-hybridized carbons (Fsp3) is 0.400. The van der Waals surface area contributed by atoms with Gasteiger partial charge in [0.05, 0.1) is 20.8 Å². The molecule has 3 aliphatic rings. The zero-order chi connectivity index (χ0) is 19.0. The van der Waals surface area contributed by atoms with E-state index in [4.69, 9.17) is 5.73 Å². The van der Waals surface area contributed by atoms with E-state index < -0.39 is 5.91 Å². The molecule has 2 aromatic rings. The average Bonchev–Trinajstić information content (AvgIpc) is 3.14. The van der Waals surface area contributed by atoms with Gasteiger partial charge in [-0.3, -0.25) is 14.5 Å². The highest BCUT2D eigenvalue weighted by Gasteiger charge is 2.40. The van der Waals surface area contributed by atoms with Crippen molar-refractivity contribution in [1.29, 1.82) is 0 Å². The zero-order valence-corrected chi connectivity index (χ0v) is 16.8. The number of nitrogens with two attached hydrogens (primary N) is 1. The summed E-state index contributed by atoms with van der Waals surface area (Å²) in [6.07, 6.45) is 5.03. The number of fused-ring (bicyclic) bond motifs is 3. The number of amides is 2. The highest BCUT2D eigenvalue weighted by atomic mass is 32.2. The second kappa shape index (κ2) is 7.66. The summed E-state index contributed by atoms with van der Waals surface area (Å²) in [6, 6.07) is 11.7. The van der Waals surface area contributed by atoms with Crippen molar-refractivity contribution >= 4 is 34.9 Å². The number of carbonyl (C=O) groups excluding carboxylic acids is 2. The number of hydrogen-bond acceptors (Lipinski definition) is 5. The fourth-order valence-electron chi connectivity index (χ4n) is 4.17. The van der Waals surface area contributed by atoms with Gasteiger partial charge in [-0.15, -0.1) is 11.3 Å². The Morgan fingerprint density at radius 2 is 1.89 bits per heavy atom. The number of carbonyl (C=O) groups is 2. The first-order valence-corrected chi connectivity index (χ1v) is 10.9. The predicted molar refractivity (Wildman–Crippen MR) is 108 cm³/mol. The van der Waals surface area contributed by atoms with Crippen LogP contribution in [0, 0.1) is 5.92 Å². The Morgan fingerprint density at radius 3 is 2.59 bits per heavy atom. The smallest absolute Gasteiger partial charge is 0.262 e. The molecule has 1 aromatic carbocycles. The molecule has 0 spiro atoms. The molecule has 1 aromatic heterocycles. The largest absolute Gasteiger partial charge is 0.366 e. The summed E-state index contributed by atoms with van der Waals surface area (Å²) < 4.78 is 0.965. The first-order chi connectivity index (χ1) is 13.0. The Labute approximate surface area is 167 Å². The summed E-state index contributed by atoms with van der Waals surface area (Å²) in [5.74, 6) is 0.0997. The van der Waals surface area contributed by atoms with E-state index in [1.54, 1.807) is 12.1 Å². The van der Waals surface area contributed by atoms with Gasteiger partial charge in [0.25, 0.3) is 5.91 Å². The number of rotatable bonds is 5. The van der Waals surface area contributed by atoms with Gasteiger partial charge >= 0.3 is 0 Å². The second-order valence-electron chi connectivity index (χ2n) is 7.23. The molecular weight excluding hydrogens is 378 g/mol. The molecule has 0 radical (unpaired) electrons. The lowest BCUT2D eigenvalue weighted by atomic mass is 9.78. The van der Waals surface area contributed by atoms with Crippen molar-refractivity contribution in [3.05, 3.63) is 46.8 Å². The molecule has 1 aliphatic carbocycles. The van der Waals surface area contributed by atoms with Crippen LogP contribution in [0.25, 0.3) is 0 Å². The number of nitrogens with one attached hydrogen (secondary N) is 1. The van der Waals surface area contributed by atoms with E-state index >= 15 is 0 Å². The summed E-state index contributed by atoms with van der Waals surface area (Å²) in [5.41, 5.74) is 5.95. The molecule has 1 saturated carbocycles. The van der Waals surface area contributed by atoms with E-state index in [-0.39, 0.29) is 12.1 Å². The lowest BCUT2D eigenvalue weighted by Crippen LogP contribution is -2.60. The third kappa shape index (κ3) is 3.77. The molecule has 142 valence electrons. The second-order valence-corrected chi connectivity index (χ2v) is 9.66. The normalized spacial score (nSPS) is 24.7. The lowest BCUT2D eigenvalue weighted by Gasteiger charge is -2.49. The van der Waals surface area contributed by atoms with Gasteiger partial charge < -0.3 is 11.1 Å². The molecule has 3 fully saturated rings. The Bertz CT molecular complexity index is 856.